The smallest absolute Gasteiger partial charge is 0.266 e. The van der Waals surface area contributed by atoms with Gasteiger partial charge in [-0.05, 0) is 41.8 Å². The van der Waals surface area contributed by atoms with Gasteiger partial charge in [-0.2, -0.15) is 5.10 Å². The highest BCUT2D eigenvalue weighted by atomic mass is 16.5. The normalized spacial score (nSPS) is 10.7. The van der Waals surface area contributed by atoms with Crippen LogP contribution in [-0.2, 0) is 11.3 Å². The van der Waals surface area contributed by atoms with Gasteiger partial charge in [0.05, 0.1) is 19.3 Å². The van der Waals surface area contributed by atoms with Gasteiger partial charge in [0, 0.05) is 23.6 Å². The number of nitrogens with one attached hydrogen (secondary N) is 1. The number of carbonyl (C=O) groups excluding carboxylic acids is 1. The fourth-order valence-electron chi connectivity index (χ4n) is 3.34. The molecule has 4 aromatic rings. The van der Waals surface area contributed by atoms with Crippen molar-refractivity contribution in [3.8, 4) is 22.8 Å². The maximum absolute atomic E-state index is 12.2. The number of amides is 1. The van der Waals surface area contributed by atoms with Gasteiger partial charge in [0.1, 0.15) is 11.5 Å². The Hall–Kier alpha value is -4.13. The molecule has 0 spiro atoms. The van der Waals surface area contributed by atoms with E-state index in [2.05, 4.69) is 10.4 Å². The molecule has 0 aliphatic rings. The predicted octanol–water partition coefficient (Wildman–Crippen LogP) is 3.27. The van der Waals surface area contributed by atoms with E-state index in [9.17, 15) is 9.59 Å². The molecule has 0 aliphatic heterocycles. The molecule has 0 saturated carbocycles. The molecule has 1 N–H and O–H groups in total. The summed E-state index contributed by atoms with van der Waals surface area (Å²) in [5.74, 6) is 1.14. The Morgan fingerprint density at radius 3 is 2.56 bits per heavy atom. The van der Waals surface area contributed by atoms with E-state index in [1.165, 1.54) is 10.7 Å². The topological polar surface area (TPSA) is 82.5 Å². The zero-order valence-electron chi connectivity index (χ0n) is 17.7. The number of fused-ring (bicyclic) bond motifs is 1. The molecule has 0 aliphatic carbocycles. The first-order valence-electron chi connectivity index (χ1n) is 10.2. The van der Waals surface area contributed by atoms with Crippen LogP contribution in [0.4, 0.5) is 0 Å². The second-order valence-corrected chi connectivity index (χ2v) is 7.12. The summed E-state index contributed by atoms with van der Waals surface area (Å²) in [6.45, 7) is 0.405. The number of benzene rings is 3. The van der Waals surface area contributed by atoms with Gasteiger partial charge in [0.15, 0.2) is 6.61 Å². The Morgan fingerprint density at radius 2 is 1.75 bits per heavy atom. The molecular formula is C25H23N3O4. The van der Waals surface area contributed by atoms with Crippen LogP contribution in [0.1, 0.15) is 0 Å². The summed E-state index contributed by atoms with van der Waals surface area (Å²) in [5, 5.41) is 9.18. The molecule has 0 bridgehead atoms. The van der Waals surface area contributed by atoms with Crippen LogP contribution in [-0.4, -0.2) is 35.9 Å². The minimum atomic E-state index is -0.266. The van der Waals surface area contributed by atoms with Gasteiger partial charge in [-0.3, -0.25) is 9.59 Å². The molecule has 3 aromatic carbocycles. The summed E-state index contributed by atoms with van der Waals surface area (Å²) in [4.78, 5) is 24.4. The van der Waals surface area contributed by atoms with Gasteiger partial charge in [-0.15, -0.1) is 0 Å². The third-order valence-electron chi connectivity index (χ3n) is 5.01. The first-order valence-corrected chi connectivity index (χ1v) is 10.2. The lowest BCUT2D eigenvalue weighted by atomic mass is 10.1. The molecule has 0 saturated heterocycles. The summed E-state index contributed by atoms with van der Waals surface area (Å²) in [5.41, 5.74) is 1.30. The van der Waals surface area contributed by atoms with Crippen molar-refractivity contribution in [1.29, 1.82) is 0 Å². The minimum Gasteiger partial charge on any atom is -0.497 e. The number of carbonyl (C=O) groups is 1. The van der Waals surface area contributed by atoms with Gasteiger partial charge in [0.25, 0.3) is 11.5 Å². The quantitative estimate of drug-likeness (QED) is 0.465. The lowest BCUT2D eigenvalue weighted by Crippen LogP contribution is -2.34. The highest BCUT2D eigenvalue weighted by molar-refractivity contribution is 5.88. The fraction of sp³-hybridized carbons (Fsp3) is 0.160. The second-order valence-electron chi connectivity index (χ2n) is 7.12. The summed E-state index contributed by atoms with van der Waals surface area (Å²) >= 11 is 0. The molecule has 0 atom stereocenters. The molecule has 7 heteroatoms. The second kappa shape index (κ2) is 9.78. The summed E-state index contributed by atoms with van der Waals surface area (Å²) in [7, 11) is 1.61. The van der Waals surface area contributed by atoms with Gasteiger partial charge < -0.3 is 14.8 Å². The number of ether oxygens (including phenoxy) is 2. The van der Waals surface area contributed by atoms with Crippen LogP contribution in [0.15, 0.2) is 83.7 Å². The monoisotopic (exact) mass is 429 g/mol. The van der Waals surface area contributed by atoms with E-state index in [4.69, 9.17) is 9.47 Å². The van der Waals surface area contributed by atoms with Crippen molar-refractivity contribution >= 4 is 16.7 Å². The summed E-state index contributed by atoms with van der Waals surface area (Å²) < 4.78 is 12.2. The first-order chi connectivity index (χ1) is 15.6. The number of hydrogen-bond acceptors (Lipinski definition) is 5. The standard InChI is InChI=1S/C25H23N3O4/c1-31-20-11-9-19(10-12-20)22-13-14-25(30)28(27-22)16-15-26-24(29)17-32-23-8-4-6-18-5-2-3-7-21(18)23/h2-14H,15-17H2,1H3,(H,26,29). The van der Waals surface area contributed by atoms with E-state index in [-0.39, 0.29) is 31.2 Å². The molecule has 1 aromatic heterocycles. The first kappa shape index (κ1) is 21.1. The number of aromatic nitrogens is 2. The van der Waals surface area contributed by atoms with E-state index < -0.39 is 0 Å². The summed E-state index contributed by atoms with van der Waals surface area (Å²) in [6.07, 6.45) is 0. The van der Waals surface area contributed by atoms with Crippen molar-refractivity contribution in [2.45, 2.75) is 6.54 Å². The largest absolute Gasteiger partial charge is 0.497 e. The van der Waals surface area contributed by atoms with E-state index in [1.807, 2.05) is 66.7 Å². The van der Waals surface area contributed by atoms with Crippen molar-refractivity contribution in [3.05, 3.63) is 89.2 Å². The molecule has 162 valence electrons. The van der Waals surface area contributed by atoms with Crippen molar-refractivity contribution in [2.24, 2.45) is 0 Å². The lowest BCUT2D eigenvalue weighted by molar-refractivity contribution is -0.123. The van der Waals surface area contributed by atoms with Crippen LogP contribution in [0.25, 0.3) is 22.0 Å². The van der Waals surface area contributed by atoms with Crippen LogP contribution in [0, 0.1) is 0 Å². The Bertz CT molecular complexity index is 1280. The molecular weight excluding hydrogens is 406 g/mol. The Kier molecular flexibility index (Phi) is 6.46. The molecule has 1 amide bonds. The van der Waals surface area contributed by atoms with Crippen LogP contribution >= 0.6 is 0 Å². The Morgan fingerprint density at radius 1 is 0.969 bits per heavy atom. The highest BCUT2D eigenvalue weighted by Crippen LogP contribution is 2.25. The number of rotatable bonds is 8. The average molecular weight is 429 g/mol. The van der Waals surface area contributed by atoms with Gasteiger partial charge in [-0.1, -0.05) is 36.4 Å². The van der Waals surface area contributed by atoms with Crippen molar-refractivity contribution in [2.75, 3.05) is 20.3 Å². The van der Waals surface area contributed by atoms with Crippen molar-refractivity contribution in [1.82, 2.24) is 15.1 Å². The Balaban J connectivity index is 1.33. The van der Waals surface area contributed by atoms with E-state index in [0.717, 1.165) is 22.1 Å². The van der Waals surface area contributed by atoms with E-state index >= 15 is 0 Å². The molecule has 32 heavy (non-hydrogen) atoms. The molecule has 0 fully saturated rings. The SMILES string of the molecule is COc1ccc(-c2ccc(=O)n(CCNC(=O)COc3cccc4ccccc34)n2)cc1. The third-order valence-corrected chi connectivity index (χ3v) is 5.01. The predicted molar refractivity (Wildman–Crippen MR) is 123 cm³/mol. The minimum absolute atomic E-state index is 0.109. The average Bonchev–Trinajstić information content (AvgIpc) is 2.84. The van der Waals surface area contributed by atoms with Crippen LogP contribution in [0.5, 0.6) is 11.5 Å². The zero-order chi connectivity index (χ0) is 22.3. The van der Waals surface area contributed by atoms with Crippen molar-refractivity contribution < 1.29 is 14.3 Å². The summed E-state index contributed by atoms with van der Waals surface area (Å²) in [6, 6.07) is 24.1. The van der Waals surface area contributed by atoms with E-state index in [0.29, 0.717) is 11.4 Å². The maximum atomic E-state index is 12.2. The van der Waals surface area contributed by atoms with Gasteiger partial charge in [0.2, 0.25) is 0 Å². The fourth-order valence-corrected chi connectivity index (χ4v) is 3.34. The number of hydrogen-bond donors (Lipinski definition) is 1. The van der Waals surface area contributed by atoms with Gasteiger partial charge in [-0.25, -0.2) is 4.68 Å². The molecule has 0 unspecified atom stereocenters. The number of methoxy groups -OCH3 is 1. The molecule has 0 radical (unpaired) electrons. The van der Waals surface area contributed by atoms with Crippen LogP contribution < -0.4 is 20.3 Å². The third kappa shape index (κ3) is 4.95. The molecule has 1 heterocycles. The molecule has 7 nitrogen and oxygen atoms in total. The van der Waals surface area contributed by atoms with E-state index in [1.54, 1.807) is 13.2 Å². The molecule has 4 rings (SSSR count). The van der Waals surface area contributed by atoms with Crippen LogP contribution in [0.2, 0.25) is 0 Å². The van der Waals surface area contributed by atoms with Crippen LogP contribution in [0.3, 0.4) is 0 Å². The highest BCUT2D eigenvalue weighted by Gasteiger charge is 2.07. The lowest BCUT2D eigenvalue weighted by Gasteiger charge is -2.11. The maximum Gasteiger partial charge on any atom is 0.266 e. The number of nitrogens with zero attached hydrogens (tertiary/aromatic N) is 2. The van der Waals surface area contributed by atoms with Gasteiger partial charge >= 0.3 is 0 Å². The Labute approximate surface area is 185 Å². The zero-order valence-corrected chi connectivity index (χ0v) is 17.7. The van der Waals surface area contributed by atoms with Crippen molar-refractivity contribution in [3.63, 3.8) is 0 Å².